The number of pyridine rings is 1. The number of halogens is 1. The summed E-state index contributed by atoms with van der Waals surface area (Å²) in [5.41, 5.74) is 2.91. The molecule has 134 valence electrons. The van der Waals surface area contributed by atoms with Crippen molar-refractivity contribution in [3.8, 4) is 0 Å². The van der Waals surface area contributed by atoms with Gasteiger partial charge in [0.15, 0.2) is 5.16 Å². The van der Waals surface area contributed by atoms with E-state index in [1.165, 1.54) is 11.8 Å². The van der Waals surface area contributed by atoms with Gasteiger partial charge in [0.25, 0.3) is 0 Å². The average Bonchev–Trinajstić information content (AvgIpc) is 2.60. The van der Waals surface area contributed by atoms with Gasteiger partial charge >= 0.3 is 0 Å². The summed E-state index contributed by atoms with van der Waals surface area (Å²) in [5.74, 6) is 0.456. The predicted molar refractivity (Wildman–Crippen MR) is 101 cm³/mol. The van der Waals surface area contributed by atoms with Gasteiger partial charge in [-0.05, 0) is 31.5 Å². The van der Waals surface area contributed by atoms with Gasteiger partial charge in [-0.15, -0.1) is 12.4 Å². The maximum absolute atomic E-state index is 12.7. The van der Waals surface area contributed by atoms with Crippen molar-refractivity contribution in [3.05, 3.63) is 47.5 Å². The van der Waals surface area contributed by atoms with Gasteiger partial charge in [0.05, 0.1) is 11.8 Å². The normalized spacial score (nSPS) is 17.0. The Labute approximate surface area is 158 Å². The number of aryl methyl sites for hydroxylation is 2. The molecule has 2 aromatic heterocycles. The second-order valence-electron chi connectivity index (χ2n) is 5.82. The van der Waals surface area contributed by atoms with Crippen LogP contribution in [0.2, 0.25) is 0 Å². The Hall–Kier alpha value is -1.70. The van der Waals surface area contributed by atoms with Crippen LogP contribution in [0, 0.1) is 13.8 Å². The number of nitrogens with one attached hydrogen (secondary N) is 1. The molecule has 1 N–H and O–H groups in total. The number of thioether (sulfide) groups is 1. The Morgan fingerprint density at radius 3 is 2.80 bits per heavy atom. The van der Waals surface area contributed by atoms with Gasteiger partial charge in [0.1, 0.15) is 0 Å². The molecule has 1 saturated heterocycles. The van der Waals surface area contributed by atoms with E-state index in [9.17, 15) is 4.79 Å². The fourth-order valence-corrected chi connectivity index (χ4v) is 3.68. The Morgan fingerprint density at radius 1 is 1.36 bits per heavy atom. The molecule has 1 fully saturated rings. The summed E-state index contributed by atoms with van der Waals surface area (Å²) in [6, 6.07) is 5.89. The molecule has 1 unspecified atom stereocenters. The second kappa shape index (κ2) is 9.12. The molecule has 0 saturated carbocycles. The highest BCUT2D eigenvalue weighted by molar-refractivity contribution is 7.99. The van der Waals surface area contributed by atoms with Gasteiger partial charge in [-0.2, -0.15) is 0 Å². The molecule has 0 aliphatic carbocycles. The summed E-state index contributed by atoms with van der Waals surface area (Å²) >= 11 is 1.40. The minimum absolute atomic E-state index is 0. The predicted octanol–water partition coefficient (Wildman–Crippen LogP) is 2.18. The van der Waals surface area contributed by atoms with E-state index in [0.717, 1.165) is 30.0 Å². The molecule has 3 heterocycles. The third-order valence-electron chi connectivity index (χ3n) is 3.92. The van der Waals surface area contributed by atoms with Crippen molar-refractivity contribution < 1.29 is 4.79 Å². The number of rotatable bonds is 4. The zero-order valence-corrected chi connectivity index (χ0v) is 15.9. The van der Waals surface area contributed by atoms with E-state index in [1.54, 1.807) is 6.20 Å². The molecule has 1 aliphatic heterocycles. The van der Waals surface area contributed by atoms with E-state index >= 15 is 0 Å². The van der Waals surface area contributed by atoms with Crippen molar-refractivity contribution in [2.75, 3.05) is 25.4 Å². The Balaban J connectivity index is 0.00000225. The number of aromatic nitrogens is 3. The molecule has 1 atom stereocenters. The molecule has 1 aliphatic rings. The molecule has 1 amide bonds. The summed E-state index contributed by atoms with van der Waals surface area (Å²) in [5, 5.41) is 4.01. The van der Waals surface area contributed by atoms with Crippen LogP contribution in [0.25, 0.3) is 0 Å². The Bertz CT molecular complexity index is 695. The second-order valence-corrected chi connectivity index (χ2v) is 6.76. The van der Waals surface area contributed by atoms with Crippen molar-refractivity contribution in [2.45, 2.75) is 25.0 Å². The zero-order chi connectivity index (χ0) is 16.9. The Morgan fingerprint density at radius 2 is 2.12 bits per heavy atom. The highest BCUT2D eigenvalue weighted by Crippen LogP contribution is 2.23. The zero-order valence-electron chi connectivity index (χ0n) is 14.3. The fourth-order valence-electron chi connectivity index (χ4n) is 2.84. The highest BCUT2D eigenvalue weighted by atomic mass is 35.5. The summed E-state index contributed by atoms with van der Waals surface area (Å²) in [6.07, 6.45) is 3.58. The number of piperazine rings is 1. The van der Waals surface area contributed by atoms with Crippen LogP contribution < -0.4 is 5.32 Å². The van der Waals surface area contributed by atoms with Crippen LogP contribution >= 0.6 is 24.2 Å². The number of amides is 1. The van der Waals surface area contributed by atoms with Gasteiger partial charge in [0.2, 0.25) is 5.91 Å². The lowest BCUT2D eigenvalue weighted by Gasteiger charge is -2.36. The number of hydrogen-bond donors (Lipinski definition) is 1. The topological polar surface area (TPSA) is 71.0 Å². The lowest BCUT2D eigenvalue weighted by molar-refractivity contribution is -0.131. The van der Waals surface area contributed by atoms with Crippen LogP contribution in [0.4, 0.5) is 0 Å². The van der Waals surface area contributed by atoms with Crippen molar-refractivity contribution >= 4 is 30.1 Å². The lowest BCUT2D eigenvalue weighted by Crippen LogP contribution is -2.49. The van der Waals surface area contributed by atoms with Gasteiger partial charge in [-0.3, -0.25) is 9.78 Å². The van der Waals surface area contributed by atoms with Gasteiger partial charge < -0.3 is 10.2 Å². The summed E-state index contributed by atoms with van der Waals surface area (Å²) in [4.78, 5) is 27.6. The van der Waals surface area contributed by atoms with Crippen molar-refractivity contribution in [2.24, 2.45) is 0 Å². The first kappa shape index (κ1) is 19.6. The van der Waals surface area contributed by atoms with Gasteiger partial charge in [-0.25, -0.2) is 9.97 Å². The Kier molecular flexibility index (Phi) is 7.16. The van der Waals surface area contributed by atoms with E-state index in [2.05, 4.69) is 20.3 Å². The summed E-state index contributed by atoms with van der Waals surface area (Å²) in [6.45, 7) is 6.15. The molecule has 2 aromatic rings. The molecule has 0 spiro atoms. The third-order valence-corrected chi connectivity index (χ3v) is 4.75. The van der Waals surface area contributed by atoms with E-state index in [0.29, 0.717) is 17.5 Å². The largest absolute Gasteiger partial charge is 0.332 e. The first-order valence-electron chi connectivity index (χ1n) is 7.98. The molecule has 25 heavy (non-hydrogen) atoms. The number of nitrogens with zero attached hydrogens (tertiary/aromatic N) is 4. The van der Waals surface area contributed by atoms with Crippen LogP contribution in [-0.2, 0) is 4.79 Å². The molecule has 0 radical (unpaired) electrons. The third kappa shape index (κ3) is 5.14. The maximum atomic E-state index is 12.7. The quantitative estimate of drug-likeness (QED) is 0.648. The fraction of sp³-hybridized carbons (Fsp3) is 0.412. The molecule has 8 heteroatoms. The number of hydrogen-bond acceptors (Lipinski definition) is 6. The van der Waals surface area contributed by atoms with Crippen molar-refractivity contribution in [3.63, 3.8) is 0 Å². The van der Waals surface area contributed by atoms with Crippen LogP contribution in [0.1, 0.15) is 23.0 Å². The minimum Gasteiger partial charge on any atom is -0.332 e. The van der Waals surface area contributed by atoms with Crippen molar-refractivity contribution in [1.29, 1.82) is 0 Å². The van der Waals surface area contributed by atoms with Crippen molar-refractivity contribution in [1.82, 2.24) is 25.2 Å². The standard InChI is InChI=1S/C17H21N5OS.ClH/c1-12-8-13(2)21-17(20-12)24-11-16(23)22-7-6-19-10-15(22)14-4-3-5-18-9-14;/h3-5,8-9,15,19H,6-7,10-11H2,1-2H3;1H. The molecule has 6 nitrogen and oxygen atoms in total. The SMILES string of the molecule is Cc1cc(C)nc(SCC(=O)N2CCNCC2c2cccnc2)n1.Cl. The first-order valence-corrected chi connectivity index (χ1v) is 8.97. The lowest BCUT2D eigenvalue weighted by atomic mass is 10.1. The van der Waals surface area contributed by atoms with Gasteiger partial charge in [0, 0.05) is 43.4 Å². The maximum Gasteiger partial charge on any atom is 0.233 e. The minimum atomic E-state index is 0. The van der Waals surface area contributed by atoms with Crippen LogP contribution in [0.3, 0.4) is 0 Å². The van der Waals surface area contributed by atoms with E-state index < -0.39 is 0 Å². The van der Waals surface area contributed by atoms with Gasteiger partial charge in [-0.1, -0.05) is 17.8 Å². The highest BCUT2D eigenvalue weighted by Gasteiger charge is 2.28. The van der Waals surface area contributed by atoms with Crippen LogP contribution in [0.15, 0.2) is 35.7 Å². The van der Waals surface area contributed by atoms with Crippen LogP contribution in [-0.4, -0.2) is 51.1 Å². The smallest absolute Gasteiger partial charge is 0.233 e. The average molecular weight is 380 g/mol. The van der Waals surface area contributed by atoms with E-state index in [1.807, 2.05) is 43.1 Å². The molecule has 3 rings (SSSR count). The molecular formula is C17H22ClN5OS. The number of carbonyl (C=O) groups excluding carboxylic acids is 1. The first-order chi connectivity index (χ1) is 11.6. The molecular weight excluding hydrogens is 358 g/mol. The van der Waals surface area contributed by atoms with E-state index in [-0.39, 0.29) is 24.4 Å². The number of carbonyl (C=O) groups is 1. The van der Waals surface area contributed by atoms with Crippen LogP contribution in [0.5, 0.6) is 0 Å². The monoisotopic (exact) mass is 379 g/mol. The molecule has 0 bridgehead atoms. The summed E-state index contributed by atoms with van der Waals surface area (Å²) < 4.78 is 0. The van der Waals surface area contributed by atoms with E-state index in [4.69, 9.17) is 0 Å². The molecule has 0 aromatic carbocycles. The summed E-state index contributed by atoms with van der Waals surface area (Å²) in [7, 11) is 0.